The molecular formula is C20H27N3O2. The third-order valence-corrected chi connectivity index (χ3v) is 5.21. The fraction of sp³-hybridized carbons (Fsp3) is 0.550. The summed E-state index contributed by atoms with van der Waals surface area (Å²) in [6.07, 6.45) is 10.4. The summed E-state index contributed by atoms with van der Waals surface area (Å²) < 4.78 is 1.39. The molecule has 1 aliphatic rings. The van der Waals surface area contributed by atoms with E-state index in [-0.39, 0.29) is 18.0 Å². The van der Waals surface area contributed by atoms with E-state index in [0.717, 1.165) is 17.9 Å². The monoisotopic (exact) mass is 341 g/mol. The molecule has 0 unspecified atom stereocenters. The summed E-state index contributed by atoms with van der Waals surface area (Å²) in [5, 5.41) is 3.49. The van der Waals surface area contributed by atoms with Gasteiger partial charge in [-0.2, -0.15) is 0 Å². The summed E-state index contributed by atoms with van der Waals surface area (Å²) >= 11 is 0. The molecule has 134 valence electrons. The Labute approximate surface area is 148 Å². The molecule has 0 spiro atoms. The third-order valence-electron chi connectivity index (χ3n) is 5.21. The number of carbonyl (C=O) groups excluding carboxylic acids is 1. The molecule has 1 aliphatic carbocycles. The van der Waals surface area contributed by atoms with E-state index in [1.807, 2.05) is 19.1 Å². The molecule has 1 saturated carbocycles. The topological polar surface area (TPSA) is 64.0 Å². The van der Waals surface area contributed by atoms with Crippen LogP contribution in [0.2, 0.25) is 0 Å². The maximum atomic E-state index is 12.5. The zero-order chi connectivity index (χ0) is 17.6. The van der Waals surface area contributed by atoms with E-state index >= 15 is 0 Å². The van der Waals surface area contributed by atoms with Crippen LogP contribution in [0.15, 0.2) is 29.3 Å². The number of aromatic nitrogens is 2. The molecule has 0 saturated heterocycles. The van der Waals surface area contributed by atoms with Crippen molar-refractivity contribution in [2.24, 2.45) is 5.92 Å². The predicted octanol–water partition coefficient (Wildman–Crippen LogP) is 3.18. The molecule has 1 heterocycles. The molecule has 3 rings (SSSR count). The van der Waals surface area contributed by atoms with Gasteiger partial charge in [0.25, 0.3) is 5.56 Å². The van der Waals surface area contributed by atoms with E-state index in [4.69, 9.17) is 0 Å². The molecule has 2 aromatic rings. The maximum absolute atomic E-state index is 12.5. The fourth-order valence-electron chi connectivity index (χ4n) is 3.76. The molecule has 0 aliphatic heterocycles. The second kappa shape index (κ2) is 8.28. The molecule has 5 heteroatoms. The lowest BCUT2D eigenvalue weighted by atomic mass is 9.86. The molecule has 25 heavy (non-hydrogen) atoms. The minimum atomic E-state index is -0.161. The Bertz CT molecular complexity index is 791. The molecule has 1 aromatic carbocycles. The number of nitrogens with zero attached hydrogens (tertiary/aromatic N) is 2. The average molecular weight is 341 g/mol. The van der Waals surface area contributed by atoms with Gasteiger partial charge in [-0.15, -0.1) is 0 Å². The molecule has 0 atom stereocenters. The van der Waals surface area contributed by atoms with Crippen LogP contribution < -0.4 is 10.9 Å². The second-order valence-electron chi connectivity index (χ2n) is 7.14. The number of aryl methyl sites for hydroxylation is 1. The lowest BCUT2D eigenvalue weighted by Gasteiger charge is -2.21. The van der Waals surface area contributed by atoms with E-state index in [2.05, 4.69) is 10.3 Å². The second-order valence-corrected chi connectivity index (χ2v) is 7.14. The summed E-state index contributed by atoms with van der Waals surface area (Å²) in [6, 6.07) is 5.53. The minimum Gasteiger partial charge on any atom is -0.355 e. The number of hydrogen-bond donors (Lipinski definition) is 1. The summed E-state index contributed by atoms with van der Waals surface area (Å²) in [5.74, 6) is 0.709. The van der Waals surface area contributed by atoms with Crippen molar-refractivity contribution in [1.29, 1.82) is 0 Å². The summed E-state index contributed by atoms with van der Waals surface area (Å²) in [6.45, 7) is 2.64. The van der Waals surface area contributed by atoms with Gasteiger partial charge in [0.05, 0.1) is 17.2 Å². The number of benzene rings is 1. The molecule has 0 bridgehead atoms. The lowest BCUT2D eigenvalue weighted by molar-refractivity contribution is -0.121. The molecule has 1 fully saturated rings. The van der Waals surface area contributed by atoms with Gasteiger partial charge in [-0.1, -0.05) is 44.2 Å². The first-order chi connectivity index (χ1) is 12.1. The van der Waals surface area contributed by atoms with Crippen molar-refractivity contribution in [2.75, 3.05) is 6.54 Å². The number of amides is 1. The summed E-state index contributed by atoms with van der Waals surface area (Å²) in [7, 11) is 0. The Morgan fingerprint density at radius 2 is 2.08 bits per heavy atom. The van der Waals surface area contributed by atoms with Crippen LogP contribution in [0, 0.1) is 12.8 Å². The molecule has 1 aromatic heterocycles. The first-order valence-electron chi connectivity index (χ1n) is 9.36. The summed E-state index contributed by atoms with van der Waals surface area (Å²) in [4.78, 5) is 29.0. The van der Waals surface area contributed by atoms with Crippen molar-refractivity contribution >= 4 is 16.8 Å². The van der Waals surface area contributed by atoms with Gasteiger partial charge in [0.15, 0.2) is 0 Å². The van der Waals surface area contributed by atoms with E-state index in [9.17, 15) is 9.59 Å². The Morgan fingerprint density at radius 3 is 2.88 bits per heavy atom. The van der Waals surface area contributed by atoms with E-state index < -0.39 is 0 Å². The van der Waals surface area contributed by atoms with Crippen LogP contribution in [0.5, 0.6) is 0 Å². The Kier molecular flexibility index (Phi) is 5.84. The highest BCUT2D eigenvalue weighted by atomic mass is 16.2. The van der Waals surface area contributed by atoms with Gasteiger partial charge in [-0.25, -0.2) is 4.98 Å². The Balaban J connectivity index is 1.52. The van der Waals surface area contributed by atoms with E-state index in [1.54, 1.807) is 6.07 Å². The zero-order valence-electron chi connectivity index (χ0n) is 15.0. The zero-order valence-corrected chi connectivity index (χ0v) is 15.0. The molecular weight excluding hydrogens is 314 g/mol. The van der Waals surface area contributed by atoms with Gasteiger partial charge in [0.1, 0.15) is 6.54 Å². The van der Waals surface area contributed by atoms with Crippen molar-refractivity contribution in [3.8, 4) is 0 Å². The van der Waals surface area contributed by atoms with Crippen molar-refractivity contribution in [2.45, 2.75) is 58.4 Å². The van der Waals surface area contributed by atoms with Gasteiger partial charge < -0.3 is 5.32 Å². The Hall–Kier alpha value is -2.17. The first kappa shape index (κ1) is 17.6. The normalized spacial score (nSPS) is 15.4. The van der Waals surface area contributed by atoms with E-state index in [1.165, 1.54) is 49.4 Å². The molecule has 5 nitrogen and oxygen atoms in total. The lowest BCUT2D eigenvalue weighted by Crippen LogP contribution is -2.33. The largest absolute Gasteiger partial charge is 0.355 e. The maximum Gasteiger partial charge on any atom is 0.261 e. The van der Waals surface area contributed by atoms with Crippen LogP contribution in [0.25, 0.3) is 10.9 Å². The highest BCUT2D eigenvalue weighted by Gasteiger charge is 2.13. The highest BCUT2D eigenvalue weighted by Crippen LogP contribution is 2.26. The van der Waals surface area contributed by atoms with Crippen LogP contribution in [-0.2, 0) is 11.3 Å². The highest BCUT2D eigenvalue weighted by molar-refractivity contribution is 5.81. The van der Waals surface area contributed by atoms with Gasteiger partial charge in [0.2, 0.25) is 5.91 Å². The summed E-state index contributed by atoms with van der Waals surface area (Å²) in [5.41, 5.74) is 1.51. The predicted molar refractivity (Wildman–Crippen MR) is 99.6 cm³/mol. The van der Waals surface area contributed by atoms with Crippen molar-refractivity contribution in [3.05, 3.63) is 40.4 Å². The van der Waals surface area contributed by atoms with Crippen LogP contribution in [-0.4, -0.2) is 22.0 Å². The van der Waals surface area contributed by atoms with E-state index in [0.29, 0.717) is 17.4 Å². The van der Waals surface area contributed by atoms with Gasteiger partial charge in [-0.3, -0.25) is 14.2 Å². The number of nitrogens with one attached hydrogen (secondary N) is 1. The quantitative estimate of drug-likeness (QED) is 0.821. The standard InChI is InChI=1S/C20H27N3O2/c1-15-7-5-11-17-19(15)22-14-23(20(17)25)13-18(24)21-12-6-10-16-8-3-2-4-9-16/h5,7,11,14,16H,2-4,6,8-10,12-13H2,1H3,(H,21,24). The first-order valence-corrected chi connectivity index (χ1v) is 9.36. The van der Waals surface area contributed by atoms with Crippen LogP contribution >= 0.6 is 0 Å². The van der Waals surface area contributed by atoms with Gasteiger partial charge in [0, 0.05) is 6.54 Å². The number of hydrogen-bond acceptors (Lipinski definition) is 3. The Morgan fingerprint density at radius 1 is 1.28 bits per heavy atom. The SMILES string of the molecule is Cc1cccc2c(=O)n(CC(=O)NCCCC3CCCCC3)cnc12. The van der Waals surface area contributed by atoms with Crippen LogP contribution in [0.1, 0.15) is 50.5 Å². The fourth-order valence-corrected chi connectivity index (χ4v) is 3.76. The number of carbonyl (C=O) groups is 1. The minimum absolute atomic E-state index is 0.0269. The number of rotatable bonds is 6. The molecule has 1 amide bonds. The van der Waals surface area contributed by atoms with Crippen molar-refractivity contribution in [3.63, 3.8) is 0 Å². The number of fused-ring (bicyclic) bond motifs is 1. The van der Waals surface area contributed by atoms with Gasteiger partial charge >= 0.3 is 0 Å². The third kappa shape index (κ3) is 4.47. The van der Waals surface area contributed by atoms with Crippen molar-refractivity contribution in [1.82, 2.24) is 14.9 Å². The van der Waals surface area contributed by atoms with Crippen molar-refractivity contribution < 1.29 is 4.79 Å². The van der Waals surface area contributed by atoms with Gasteiger partial charge in [-0.05, 0) is 37.3 Å². The molecule has 1 N–H and O–H groups in total. The molecule has 0 radical (unpaired) electrons. The number of para-hydroxylation sites is 1. The van der Waals surface area contributed by atoms with Crippen LogP contribution in [0.4, 0.5) is 0 Å². The smallest absolute Gasteiger partial charge is 0.261 e. The van der Waals surface area contributed by atoms with Crippen LogP contribution in [0.3, 0.4) is 0 Å². The average Bonchev–Trinajstić information content (AvgIpc) is 2.63.